The second-order valence-electron chi connectivity index (χ2n) is 4.84. The molecule has 2 aromatic carbocycles. The van der Waals surface area contributed by atoms with Gasteiger partial charge >= 0.3 is 0 Å². The molecular weight excluding hydrogens is 272 g/mol. The van der Waals surface area contributed by atoms with Crippen molar-refractivity contribution in [3.05, 3.63) is 63.2 Å². The Morgan fingerprint density at radius 3 is 2.70 bits per heavy atom. The number of hydrogen-bond acceptors (Lipinski definition) is 2. The van der Waals surface area contributed by atoms with Gasteiger partial charge in [0.2, 0.25) is 0 Å². The molecule has 3 aromatic rings. The number of aromatic nitrogens is 2. The topological polar surface area (TPSA) is 45.8 Å². The van der Waals surface area contributed by atoms with Gasteiger partial charge in [-0.25, -0.2) is 4.98 Å². The van der Waals surface area contributed by atoms with E-state index in [1.54, 1.807) is 13.0 Å². The SMILES string of the molecule is Cc1nc2cc(-c3cc(Cl)ccc3C)ccc2c(=O)[nH]1. The van der Waals surface area contributed by atoms with E-state index in [-0.39, 0.29) is 5.56 Å². The van der Waals surface area contributed by atoms with Crippen LogP contribution in [0.15, 0.2) is 41.2 Å². The van der Waals surface area contributed by atoms with Gasteiger partial charge in [-0.2, -0.15) is 0 Å². The van der Waals surface area contributed by atoms with Crippen molar-refractivity contribution in [1.82, 2.24) is 9.97 Å². The smallest absolute Gasteiger partial charge is 0.258 e. The molecule has 0 aliphatic heterocycles. The Hall–Kier alpha value is -2.13. The number of nitrogens with one attached hydrogen (secondary N) is 1. The summed E-state index contributed by atoms with van der Waals surface area (Å²) in [5, 5.41) is 1.29. The van der Waals surface area contributed by atoms with Gasteiger partial charge < -0.3 is 4.98 Å². The Labute approximate surface area is 121 Å². The zero-order valence-electron chi connectivity index (χ0n) is 11.2. The van der Waals surface area contributed by atoms with Crippen LogP contribution < -0.4 is 5.56 Å². The maximum atomic E-state index is 11.9. The number of fused-ring (bicyclic) bond motifs is 1. The molecule has 0 aliphatic carbocycles. The van der Waals surface area contributed by atoms with E-state index in [0.717, 1.165) is 16.7 Å². The Kier molecular flexibility index (Phi) is 3.07. The average molecular weight is 285 g/mol. The van der Waals surface area contributed by atoms with Crippen molar-refractivity contribution in [3.63, 3.8) is 0 Å². The summed E-state index contributed by atoms with van der Waals surface area (Å²) in [6.45, 7) is 3.81. The Morgan fingerprint density at radius 1 is 1.10 bits per heavy atom. The first-order valence-electron chi connectivity index (χ1n) is 6.32. The number of halogens is 1. The van der Waals surface area contributed by atoms with Crippen LogP contribution in [0.1, 0.15) is 11.4 Å². The number of nitrogens with zero attached hydrogens (tertiary/aromatic N) is 1. The fourth-order valence-electron chi connectivity index (χ4n) is 2.33. The highest BCUT2D eigenvalue weighted by Crippen LogP contribution is 2.28. The summed E-state index contributed by atoms with van der Waals surface area (Å²) >= 11 is 6.06. The van der Waals surface area contributed by atoms with Gasteiger partial charge in [-0.3, -0.25) is 4.79 Å². The van der Waals surface area contributed by atoms with Gasteiger partial charge in [0.15, 0.2) is 0 Å². The molecule has 4 heteroatoms. The van der Waals surface area contributed by atoms with Crippen molar-refractivity contribution < 1.29 is 0 Å². The van der Waals surface area contributed by atoms with Gasteiger partial charge in [0.25, 0.3) is 5.56 Å². The highest BCUT2D eigenvalue weighted by Gasteiger charge is 2.07. The minimum Gasteiger partial charge on any atom is -0.310 e. The van der Waals surface area contributed by atoms with Crippen LogP contribution >= 0.6 is 11.6 Å². The second-order valence-corrected chi connectivity index (χ2v) is 5.28. The van der Waals surface area contributed by atoms with Crippen molar-refractivity contribution in [1.29, 1.82) is 0 Å². The van der Waals surface area contributed by atoms with Gasteiger partial charge in [0.05, 0.1) is 10.9 Å². The predicted molar refractivity (Wildman–Crippen MR) is 82.3 cm³/mol. The third-order valence-corrected chi connectivity index (χ3v) is 3.57. The Balaban J connectivity index is 2.28. The molecule has 0 saturated heterocycles. The molecule has 0 aliphatic rings. The third-order valence-electron chi connectivity index (χ3n) is 3.34. The standard InChI is InChI=1S/C16H13ClN2O/c1-9-3-5-12(17)8-14(9)11-4-6-13-15(7-11)18-10(2)19-16(13)20/h3-8H,1-2H3,(H,18,19,20). The van der Waals surface area contributed by atoms with E-state index in [0.29, 0.717) is 21.7 Å². The van der Waals surface area contributed by atoms with E-state index >= 15 is 0 Å². The molecule has 3 nitrogen and oxygen atoms in total. The molecule has 0 spiro atoms. The van der Waals surface area contributed by atoms with E-state index < -0.39 is 0 Å². The first-order valence-corrected chi connectivity index (χ1v) is 6.69. The van der Waals surface area contributed by atoms with Crippen LogP contribution in [0.2, 0.25) is 5.02 Å². The van der Waals surface area contributed by atoms with Crippen molar-refractivity contribution >= 4 is 22.5 Å². The van der Waals surface area contributed by atoms with Crippen LogP contribution in [0, 0.1) is 13.8 Å². The monoisotopic (exact) mass is 284 g/mol. The number of aryl methyl sites for hydroxylation is 2. The molecule has 0 fully saturated rings. The maximum Gasteiger partial charge on any atom is 0.258 e. The largest absolute Gasteiger partial charge is 0.310 e. The average Bonchev–Trinajstić information content (AvgIpc) is 2.40. The Bertz CT molecular complexity index is 868. The molecule has 100 valence electrons. The predicted octanol–water partition coefficient (Wildman–Crippen LogP) is 3.86. The summed E-state index contributed by atoms with van der Waals surface area (Å²) in [6.07, 6.45) is 0. The highest BCUT2D eigenvalue weighted by molar-refractivity contribution is 6.30. The van der Waals surface area contributed by atoms with E-state index in [9.17, 15) is 4.79 Å². The molecule has 0 atom stereocenters. The lowest BCUT2D eigenvalue weighted by molar-refractivity contribution is 1.06. The van der Waals surface area contributed by atoms with Gasteiger partial charge in [-0.15, -0.1) is 0 Å². The minimum atomic E-state index is -0.109. The number of H-pyrrole nitrogens is 1. The van der Waals surface area contributed by atoms with Crippen LogP contribution in [0.3, 0.4) is 0 Å². The number of aromatic amines is 1. The second kappa shape index (κ2) is 4.76. The van der Waals surface area contributed by atoms with Gasteiger partial charge in [-0.1, -0.05) is 23.7 Å². The van der Waals surface area contributed by atoms with E-state index in [1.807, 2.05) is 37.3 Å². The zero-order valence-corrected chi connectivity index (χ0v) is 12.0. The lowest BCUT2D eigenvalue weighted by Crippen LogP contribution is -2.09. The summed E-state index contributed by atoms with van der Waals surface area (Å²) in [5.74, 6) is 0.613. The maximum absolute atomic E-state index is 11.9. The van der Waals surface area contributed by atoms with Gasteiger partial charge in [0, 0.05) is 5.02 Å². The van der Waals surface area contributed by atoms with Crippen LogP contribution in [-0.4, -0.2) is 9.97 Å². The summed E-state index contributed by atoms with van der Waals surface area (Å²) in [6, 6.07) is 11.4. The van der Waals surface area contributed by atoms with Crippen molar-refractivity contribution in [2.45, 2.75) is 13.8 Å². The van der Waals surface area contributed by atoms with Gasteiger partial charge in [-0.05, 0) is 54.8 Å². The van der Waals surface area contributed by atoms with Crippen molar-refractivity contribution in [2.75, 3.05) is 0 Å². The van der Waals surface area contributed by atoms with E-state index in [2.05, 4.69) is 9.97 Å². The minimum absolute atomic E-state index is 0.109. The number of hydrogen-bond donors (Lipinski definition) is 1. The van der Waals surface area contributed by atoms with E-state index in [1.165, 1.54) is 0 Å². The molecular formula is C16H13ClN2O. The van der Waals surface area contributed by atoms with Crippen LogP contribution in [0.4, 0.5) is 0 Å². The molecule has 0 saturated carbocycles. The first kappa shape index (κ1) is 12.9. The van der Waals surface area contributed by atoms with Crippen molar-refractivity contribution in [3.8, 4) is 11.1 Å². The van der Waals surface area contributed by atoms with Crippen LogP contribution in [-0.2, 0) is 0 Å². The summed E-state index contributed by atoms with van der Waals surface area (Å²) < 4.78 is 0. The molecule has 1 heterocycles. The molecule has 20 heavy (non-hydrogen) atoms. The zero-order chi connectivity index (χ0) is 14.3. The van der Waals surface area contributed by atoms with E-state index in [4.69, 9.17) is 11.6 Å². The van der Waals surface area contributed by atoms with Crippen molar-refractivity contribution in [2.24, 2.45) is 0 Å². The lowest BCUT2D eigenvalue weighted by Gasteiger charge is -2.08. The molecule has 1 aromatic heterocycles. The first-order chi connectivity index (χ1) is 9.54. The number of rotatable bonds is 1. The van der Waals surface area contributed by atoms with Crippen LogP contribution in [0.25, 0.3) is 22.0 Å². The Morgan fingerprint density at radius 2 is 1.90 bits per heavy atom. The quantitative estimate of drug-likeness (QED) is 0.737. The molecule has 3 rings (SSSR count). The highest BCUT2D eigenvalue weighted by atomic mass is 35.5. The fraction of sp³-hybridized carbons (Fsp3) is 0.125. The fourth-order valence-corrected chi connectivity index (χ4v) is 2.50. The molecule has 0 unspecified atom stereocenters. The van der Waals surface area contributed by atoms with Gasteiger partial charge in [0.1, 0.15) is 5.82 Å². The molecule has 0 bridgehead atoms. The lowest BCUT2D eigenvalue weighted by atomic mass is 9.99. The summed E-state index contributed by atoms with van der Waals surface area (Å²) in [7, 11) is 0. The molecule has 0 amide bonds. The molecule has 1 N–H and O–H groups in total. The third kappa shape index (κ3) is 2.21. The number of benzene rings is 2. The normalized spacial score (nSPS) is 10.9. The summed E-state index contributed by atoms with van der Waals surface area (Å²) in [5.41, 5.74) is 3.79. The summed E-state index contributed by atoms with van der Waals surface area (Å²) in [4.78, 5) is 18.9. The van der Waals surface area contributed by atoms with Crippen LogP contribution in [0.5, 0.6) is 0 Å². The molecule has 0 radical (unpaired) electrons.